The van der Waals surface area contributed by atoms with E-state index in [1.807, 2.05) is 48.5 Å². The summed E-state index contributed by atoms with van der Waals surface area (Å²) in [5, 5.41) is 2.43. The molecule has 5 heteroatoms. The van der Waals surface area contributed by atoms with Crippen LogP contribution in [0.5, 0.6) is 23.0 Å². The largest absolute Gasteiger partial charge is 0.497 e. The van der Waals surface area contributed by atoms with Gasteiger partial charge in [-0.3, -0.25) is 4.79 Å². The van der Waals surface area contributed by atoms with Gasteiger partial charge in [0.25, 0.3) is 0 Å². The minimum absolute atomic E-state index is 0.520. The zero-order valence-corrected chi connectivity index (χ0v) is 17.3. The van der Waals surface area contributed by atoms with Crippen molar-refractivity contribution in [3.63, 3.8) is 0 Å². The zero-order valence-electron chi connectivity index (χ0n) is 16.5. The molecule has 150 valence electrons. The van der Waals surface area contributed by atoms with Crippen molar-refractivity contribution in [1.82, 2.24) is 0 Å². The average molecular weight is 419 g/mol. The molecular formula is C25H19ClO4. The molecule has 0 heterocycles. The standard InChI is InChI=1S/C25H19ClO4/c1-28-20-9-11-22-17(13-20)5-10-21(18-6-12-24(29-2)23(26)14-18)25(22)30-19-7-3-16(15-27)4-8-19/h3-15H,1-2H3. The van der Waals surface area contributed by atoms with Crippen LogP contribution in [0.4, 0.5) is 0 Å². The first kappa shape index (κ1) is 19.8. The van der Waals surface area contributed by atoms with E-state index in [9.17, 15) is 4.79 Å². The smallest absolute Gasteiger partial charge is 0.150 e. The summed E-state index contributed by atoms with van der Waals surface area (Å²) in [4.78, 5) is 11.0. The topological polar surface area (TPSA) is 44.8 Å². The van der Waals surface area contributed by atoms with Crippen molar-refractivity contribution >= 4 is 28.7 Å². The Hall–Kier alpha value is -3.50. The molecule has 0 unspecified atom stereocenters. The van der Waals surface area contributed by atoms with Crippen LogP contribution in [0.15, 0.2) is 72.8 Å². The first-order valence-electron chi connectivity index (χ1n) is 9.30. The van der Waals surface area contributed by atoms with Crippen molar-refractivity contribution in [2.75, 3.05) is 14.2 Å². The van der Waals surface area contributed by atoms with Crippen LogP contribution in [0, 0.1) is 0 Å². The number of hydrogen-bond donors (Lipinski definition) is 0. The van der Waals surface area contributed by atoms with E-state index in [1.165, 1.54) is 0 Å². The lowest BCUT2D eigenvalue weighted by Crippen LogP contribution is -1.92. The van der Waals surface area contributed by atoms with Gasteiger partial charge in [0.05, 0.1) is 19.2 Å². The summed E-state index contributed by atoms with van der Waals surface area (Å²) in [5.74, 6) is 2.70. The van der Waals surface area contributed by atoms with E-state index in [-0.39, 0.29) is 0 Å². The van der Waals surface area contributed by atoms with Crippen molar-refractivity contribution in [2.24, 2.45) is 0 Å². The number of carbonyl (C=O) groups is 1. The monoisotopic (exact) mass is 418 g/mol. The zero-order chi connectivity index (χ0) is 21.1. The number of ether oxygens (including phenoxy) is 3. The molecule has 30 heavy (non-hydrogen) atoms. The van der Waals surface area contributed by atoms with Crippen LogP contribution in [-0.2, 0) is 0 Å². The molecule has 0 saturated carbocycles. The first-order chi connectivity index (χ1) is 14.6. The predicted molar refractivity (Wildman–Crippen MR) is 119 cm³/mol. The molecule has 4 nitrogen and oxygen atoms in total. The highest BCUT2D eigenvalue weighted by atomic mass is 35.5. The number of aldehydes is 1. The summed E-state index contributed by atoms with van der Waals surface area (Å²) >= 11 is 6.37. The molecule has 0 aliphatic heterocycles. The summed E-state index contributed by atoms with van der Waals surface area (Å²) in [6.45, 7) is 0. The molecule has 0 aliphatic rings. The number of rotatable bonds is 6. The van der Waals surface area contributed by atoms with Crippen LogP contribution in [0.2, 0.25) is 5.02 Å². The van der Waals surface area contributed by atoms with Gasteiger partial charge in [0.15, 0.2) is 0 Å². The molecule has 0 saturated heterocycles. The number of benzene rings is 4. The fourth-order valence-electron chi connectivity index (χ4n) is 3.31. The minimum atomic E-state index is 0.520. The maximum absolute atomic E-state index is 11.0. The van der Waals surface area contributed by atoms with Crippen LogP contribution >= 0.6 is 11.6 Å². The Kier molecular flexibility index (Phi) is 5.59. The average Bonchev–Trinajstić information content (AvgIpc) is 2.79. The second-order valence-electron chi connectivity index (χ2n) is 6.67. The molecule has 0 aromatic heterocycles. The van der Waals surface area contributed by atoms with Crippen molar-refractivity contribution in [1.29, 1.82) is 0 Å². The second kappa shape index (κ2) is 8.47. The number of methoxy groups -OCH3 is 2. The summed E-state index contributed by atoms with van der Waals surface area (Å²) in [7, 11) is 3.22. The molecule has 0 bridgehead atoms. The summed E-state index contributed by atoms with van der Waals surface area (Å²) in [6.07, 6.45) is 0.804. The Morgan fingerprint density at radius 3 is 2.23 bits per heavy atom. The second-order valence-corrected chi connectivity index (χ2v) is 7.07. The highest BCUT2D eigenvalue weighted by Gasteiger charge is 2.14. The normalized spacial score (nSPS) is 10.6. The Bertz CT molecular complexity index is 1220. The lowest BCUT2D eigenvalue weighted by Gasteiger charge is -2.16. The predicted octanol–water partition coefficient (Wildman–Crippen LogP) is 6.78. The molecule has 0 fully saturated rings. The summed E-state index contributed by atoms with van der Waals surface area (Å²) < 4.78 is 16.9. The Morgan fingerprint density at radius 2 is 1.57 bits per heavy atom. The minimum Gasteiger partial charge on any atom is -0.497 e. The first-order valence-corrected chi connectivity index (χ1v) is 9.68. The molecule has 4 rings (SSSR count). The lowest BCUT2D eigenvalue weighted by atomic mass is 9.99. The van der Waals surface area contributed by atoms with E-state index in [1.54, 1.807) is 38.5 Å². The van der Waals surface area contributed by atoms with Gasteiger partial charge in [0.1, 0.15) is 29.3 Å². The maximum atomic E-state index is 11.0. The van der Waals surface area contributed by atoms with Crippen LogP contribution < -0.4 is 14.2 Å². The van der Waals surface area contributed by atoms with Gasteiger partial charge in [-0.2, -0.15) is 0 Å². The van der Waals surface area contributed by atoms with Gasteiger partial charge >= 0.3 is 0 Å². The highest BCUT2D eigenvalue weighted by molar-refractivity contribution is 6.32. The SMILES string of the molecule is COc1ccc2c(Oc3ccc(C=O)cc3)c(-c3ccc(OC)c(Cl)c3)ccc2c1. The summed E-state index contributed by atoms with van der Waals surface area (Å²) in [6, 6.07) is 22.5. The molecule has 4 aromatic rings. The van der Waals surface area contributed by atoms with Crippen LogP contribution in [0.3, 0.4) is 0 Å². The van der Waals surface area contributed by atoms with Gasteiger partial charge in [0.2, 0.25) is 0 Å². The molecule has 0 N–H and O–H groups in total. The molecular weight excluding hydrogens is 400 g/mol. The Morgan fingerprint density at radius 1 is 0.800 bits per heavy atom. The Balaban J connectivity index is 1.89. The van der Waals surface area contributed by atoms with E-state index in [4.69, 9.17) is 25.8 Å². The third kappa shape index (κ3) is 3.82. The van der Waals surface area contributed by atoms with Crippen LogP contribution in [0.25, 0.3) is 21.9 Å². The van der Waals surface area contributed by atoms with Crippen molar-refractivity contribution in [3.05, 3.63) is 83.4 Å². The number of hydrogen-bond acceptors (Lipinski definition) is 4. The molecule has 0 radical (unpaired) electrons. The number of fused-ring (bicyclic) bond motifs is 1. The number of halogens is 1. The van der Waals surface area contributed by atoms with Crippen molar-refractivity contribution < 1.29 is 19.0 Å². The van der Waals surface area contributed by atoms with Gasteiger partial charge < -0.3 is 14.2 Å². The quantitative estimate of drug-likeness (QED) is 0.323. The van der Waals surface area contributed by atoms with Crippen LogP contribution in [-0.4, -0.2) is 20.5 Å². The van der Waals surface area contributed by atoms with Crippen LogP contribution in [0.1, 0.15) is 10.4 Å². The maximum Gasteiger partial charge on any atom is 0.150 e. The van der Waals surface area contributed by atoms with Gasteiger partial charge in [0, 0.05) is 16.5 Å². The van der Waals surface area contributed by atoms with Crippen molar-refractivity contribution in [2.45, 2.75) is 0 Å². The Labute approximate surface area is 179 Å². The lowest BCUT2D eigenvalue weighted by molar-refractivity contribution is 0.112. The van der Waals surface area contributed by atoms with E-state index in [0.29, 0.717) is 27.8 Å². The van der Waals surface area contributed by atoms with E-state index < -0.39 is 0 Å². The molecule has 0 amide bonds. The summed E-state index contributed by atoms with van der Waals surface area (Å²) in [5.41, 5.74) is 2.38. The van der Waals surface area contributed by atoms with Gasteiger partial charge in [-0.15, -0.1) is 0 Å². The highest BCUT2D eigenvalue weighted by Crippen LogP contribution is 2.42. The van der Waals surface area contributed by atoms with Crippen molar-refractivity contribution in [3.8, 4) is 34.1 Å². The molecule has 0 aliphatic carbocycles. The third-order valence-electron chi connectivity index (χ3n) is 4.88. The third-order valence-corrected chi connectivity index (χ3v) is 5.17. The van der Waals surface area contributed by atoms with Gasteiger partial charge in [-0.25, -0.2) is 0 Å². The molecule has 0 atom stereocenters. The number of carbonyl (C=O) groups excluding carboxylic acids is 1. The van der Waals surface area contributed by atoms with Gasteiger partial charge in [-0.05, 0) is 71.6 Å². The molecule has 4 aromatic carbocycles. The van der Waals surface area contributed by atoms with Gasteiger partial charge in [-0.1, -0.05) is 23.7 Å². The fraction of sp³-hybridized carbons (Fsp3) is 0.0800. The van der Waals surface area contributed by atoms with E-state index >= 15 is 0 Å². The fourth-order valence-corrected chi connectivity index (χ4v) is 3.57. The van der Waals surface area contributed by atoms with E-state index in [0.717, 1.165) is 33.9 Å². The molecule has 0 spiro atoms. The van der Waals surface area contributed by atoms with E-state index in [2.05, 4.69) is 0 Å².